The van der Waals surface area contributed by atoms with Gasteiger partial charge in [-0.05, 0) is 231 Å². The number of thiophene rings is 1. The first-order valence-electron chi connectivity index (χ1n) is 25.0. The molecule has 5 atom stereocenters. The molecule has 8 saturated carbocycles. The van der Waals surface area contributed by atoms with Crippen LogP contribution in [-0.2, 0) is 17.3 Å². The van der Waals surface area contributed by atoms with Crippen LogP contribution in [-0.4, -0.2) is 11.3 Å². The second-order valence-electron chi connectivity index (χ2n) is 23.9. The van der Waals surface area contributed by atoms with E-state index in [1.54, 1.807) is 49.5 Å². The highest BCUT2D eigenvalue weighted by atomic mass is 32.1. The first-order valence-corrected chi connectivity index (χ1v) is 25.8. The van der Waals surface area contributed by atoms with Crippen LogP contribution in [0.25, 0.3) is 64.6 Å². The lowest BCUT2D eigenvalue weighted by Crippen LogP contribution is -2.59. The molecule has 3 heteroatoms. The predicted molar refractivity (Wildman–Crippen MR) is 259 cm³/mol. The third-order valence-corrected chi connectivity index (χ3v) is 23.7. The molecule has 0 radical (unpaired) electrons. The van der Waals surface area contributed by atoms with Crippen molar-refractivity contribution in [3.8, 4) is 32.7 Å². The lowest BCUT2D eigenvalue weighted by molar-refractivity contribution is -0.175. The van der Waals surface area contributed by atoms with Crippen LogP contribution in [0, 0.1) is 46.3 Å². The molecule has 11 aliphatic rings. The van der Waals surface area contributed by atoms with Crippen molar-refractivity contribution in [1.82, 2.24) is 4.48 Å². The Kier molecular flexibility index (Phi) is 5.20. The third-order valence-electron chi connectivity index (χ3n) is 22.4. The molecule has 8 aromatic rings. The Hall–Kier alpha value is -4.86. The van der Waals surface area contributed by atoms with E-state index in [9.17, 15) is 0 Å². The first-order chi connectivity index (χ1) is 31.0. The zero-order valence-electron chi connectivity index (χ0n) is 35.7. The Labute approximate surface area is 373 Å². The standard InChI is InChI=1S/C60H48BNS/c1-2-7-31(8-3-1)32-15-45-44-24-49-41-9-4-5-12-52(41)63-56(49)42-10-6-11-50(53(42)44)61-54(45)46(16-32)48-23-34(58-27-39-19-36-20-40(28-58)60(36,39)30-58)22-47-43-21-33(13-14-51(43)62(61)55(47)48)57-25-37-17-35-18-38(26-57)59(35,37)29-57/h1-16,21-23,35-40,44H,17-20,24-30H2. The average Bonchev–Trinajstić information content (AvgIpc) is 4.13. The van der Waals surface area contributed by atoms with Crippen LogP contribution in [0.4, 0.5) is 0 Å². The molecule has 6 aromatic carbocycles. The van der Waals surface area contributed by atoms with Crippen molar-refractivity contribution in [2.75, 3.05) is 0 Å². The number of rotatable bonds is 3. The van der Waals surface area contributed by atoms with Crippen molar-refractivity contribution in [3.63, 3.8) is 0 Å². The summed E-state index contributed by atoms with van der Waals surface area (Å²) >= 11 is 2.03. The van der Waals surface area contributed by atoms with Gasteiger partial charge in [-0.3, -0.25) is 0 Å². The van der Waals surface area contributed by atoms with Crippen LogP contribution >= 0.6 is 11.3 Å². The summed E-state index contributed by atoms with van der Waals surface area (Å²) in [5.74, 6) is 6.35. The number of fused-ring (bicyclic) bond motifs is 13. The monoisotopic (exact) mass is 825 g/mol. The number of aromatic nitrogens is 1. The fraction of sp³-hybridized carbons (Fsp3) is 0.367. The minimum absolute atomic E-state index is 0.149. The van der Waals surface area contributed by atoms with Crippen molar-refractivity contribution < 1.29 is 0 Å². The summed E-state index contributed by atoms with van der Waals surface area (Å²) in [4.78, 5) is 1.51. The summed E-state index contributed by atoms with van der Waals surface area (Å²) in [6.07, 6.45) is 15.9. The van der Waals surface area contributed by atoms with Crippen molar-refractivity contribution in [1.29, 1.82) is 0 Å². The van der Waals surface area contributed by atoms with E-state index in [1.165, 1.54) is 118 Å². The van der Waals surface area contributed by atoms with Crippen molar-refractivity contribution in [2.45, 2.75) is 87.4 Å². The van der Waals surface area contributed by atoms with Gasteiger partial charge in [-0.15, -0.1) is 11.3 Å². The zero-order chi connectivity index (χ0) is 40.1. The molecular formula is C60H48BNS. The summed E-state index contributed by atoms with van der Waals surface area (Å²) in [5, 5.41) is 4.58. The van der Waals surface area contributed by atoms with E-state index in [1.807, 2.05) is 11.3 Å². The Bertz CT molecular complexity index is 3510. The summed E-state index contributed by atoms with van der Waals surface area (Å²) in [6.45, 7) is 0.149. The first kappa shape index (κ1) is 32.7. The Morgan fingerprint density at radius 1 is 0.556 bits per heavy atom. The van der Waals surface area contributed by atoms with Gasteiger partial charge in [0.1, 0.15) is 0 Å². The predicted octanol–water partition coefficient (Wildman–Crippen LogP) is 13.1. The normalized spacial score (nSPS) is 37.2. The molecule has 1 nitrogen and oxygen atoms in total. The Morgan fingerprint density at radius 3 is 2.02 bits per heavy atom. The molecule has 9 aliphatic carbocycles. The fourth-order valence-corrected chi connectivity index (χ4v) is 21.6. The molecule has 2 spiro atoms. The van der Waals surface area contributed by atoms with Crippen molar-refractivity contribution >= 4 is 61.0 Å². The Morgan fingerprint density at radius 2 is 1.27 bits per heavy atom. The number of benzene rings is 6. The molecule has 2 aliphatic heterocycles. The SMILES string of the molecule is c1ccc(-c2cc3c4c(c2)C2Cc5c(sc6ccccc56)-c5cccc(c52)B4n2c4ccc(C56CC7CC8CC(C5)C87C6)cc4c4cc(C56CC7CC8CC(C5)C87C6)cc-3c42)cc1. The summed E-state index contributed by atoms with van der Waals surface area (Å²) in [5.41, 5.74) is 23.7. The topological polar surface area (TPSA) is 4.93 Å². The highest BCUT2D eigenvalue weighted by Gasteiger charge is 2.78. The fourth-order valence-electron chi connectivity index (χ4n) is 20.3. The lowest BCUT2D eigenvalue weighted by Gasteiger charge is -2.66. The van der Waals surface area contributed by atoms with Gasteiger partial charge in [0.05, 0.1) is 0 Å². The summed E-state index contributed by atoms with van der Waals surface area (Å²) < 4.78 is 4.35. The molecule has 8 fully saturated rings. The van der Waals surface area contributed by atoms with Crippen molar-refractivity contribution in [2.24, 2.45) is 46.3 Å². The Balaban J connectivity index is 0.928. The van der Waals surface area contributed by atoms with Crippen LogP contribution in [0.2, 0.25) is 0 Å². The highest BCUT2D eigenvalue weighted by Crippen LogP contribution is 2.86. The van der Waals surface area contributed by atoms with Gasteiger partial charge >= 0.3 is 6.85 Å². The van der Waals surface area contributed by atoms with Gasteiger partial charge in [-0.2, -0.15) is 0 Å². The smallest absolute Gasteiger partial charge is 0.329 e. The minimum Gasteiger partial charge on any atom is -0.375 e. The molecular weight excluding hydrogens is 778 g/mol. The van der Waals surface area contributed by atoms with Gasteiger partial charge < -0.3 is 4.48 Å². The largest absolute Gasteiger partial charge is 0.375 e. The van der Waals surface area contributed by atoms with Crippen molar-refractivity contribution in [3.05, 3.63) is 143 Å². The van der Waals surface area contributed by atoms with Crippen LogP contribution in [0.5, 0.6) is 0 Å². The molecule has 0 saturated heterocycles. The molecule has 302 valence electrons. The van der Waals surface area contributed by atoms with Gasteiger partial charge in [0.2, 0.25) is 0 Å². The van der Waals surface area contributed by atoms with Gasteiger partial charge in [-0.25, -0.2) is 0 Å². The molecule has 0 amide bonds. The minimum atomic E-state index is 0.149. The lowest BCUT2D eigenvalue weighted by atomic mass is 9.38. The molecule has 2 aromatic heterocycles. The summed E-state index contributed by atoms with van der Waals surface area (Å²) in [7, 11) is 0. The highest BCUT2D eigenvalue weighted by molar-refractivity contribution is 7.22. The van der Waals surface area contributed by atoms with Crippen LogP contribution in [0.3, 0.4) is 0 Å². The second kappa shape index (κ2) is 10.0. The van der Waals surface area contributed by atoms with E-state index in [2.05, 4.69) is 120 Å². The van der Waals surface area contributed by atoms with E-state index < -0.39 is 0 Å². The molecule has 5 unspecified atom stereocenters. The van der Waals surface area contributed by atoms with Gasteiger partial charge in [-0.1, -0.05) is 78.9 Å². The van der Waals surface area contributed by atoms with E-state index in [0.29, 0.717) is 22.2 Å². The molecule has 4 heterocycles. The maximum atomic E-state index is 2.92. The van der Waals surface area contributed by atoms with Crippen LogP contribution in [0.15, 0.2) is 115 Å². The maximum absolute atomic E-state index is 2.92. The second-order valence-corrected chi connectivity index (χ2v) is 24.9. The van der Waals surface area contributed by atoms with Gasteiger partial charge in [0.15, 0.2) is 0 Å². The number of nitrogens with zero attached hydrogens (tertiary/aromatic N) is 1. The number of hydrogen-bond acceptors (Lipinski definition) is 1. The van der Waals surface area contributed by atoms with E-state index >= 15 is 0 Å². The molecule has 19 rings (SSSR count). The molecule has 63 heavy (non-hydrogen) atoms. The maximum Gasteiger partial charge on any atom is 0.329 e. The van der Waals surface area contributed by atoms with E-state index in [0.717, 1.165) is 47.3 Å². The summed E-state index contributed by atoms with van der Waals surface area (Å²) in [6, 6.07) is 47.2. The van der Waals surface area contributed by atoms with Crippen LogP contribution < -0.4 is 10.9 Å². The van der Waals surface area contributed by atoms with Gasteiger partial charge in [0, 0.05) is 42.9 Å². The molecule has 4 bridgehead atoms. The van der Waals surface area contributed by atoms with E-state index in [4.69, 9.17) is 0 Å². The van der Waals surface area contributed by atoms with Crippen LogP contribution in [0.1, 0.15) is 97.9 Å². The van der Waals surface area contributed by atoms with E-state index in [-0.39, 0.29) is 6.85 Å². The third kappa shape index (κ3) is 3.31. The average molecular weight is 826 g/mol. The quantitative estimate of drug-likeness (QED) is 0.156. The molecule has 0 N–H and O–H groups in total. The number of hydrogen-bond donors (Lipinski definition) is 0. The van der Waals surface area contributed by atoms with Gasteiger partial charge in [0.25, 0.3) is 0 Å². The zero-order valence-corrected chi connectivity index (χ0v) is 36.5.